The number of carbonyl (C=O) groups excluding carboxylic acids is 1. The summed E-state index contributed by atoms with van der Waals surface area (Å²) in [5.41, 5.74) is 4.14. The van der Waals surface area contributed by atoms with Gasteiger partial charge in [-0.3, -0.25) is 4.79 Å². The fourth-order valence-electron chi connectivity index (χ4n) is 2.41. The second kappa shape index (κ2) is 7.39. The standard InChI is InChI=1S/C14H20N2O.ClH/c1-16(13-10-6-3-7-11-13)15-14(17)12-8-4-2-5-9-12;/h3,6-7,10-12H,2,4-5,8-9H2,1H3,(H,15,17);1H. The molecule has 1 aromatic rings. The third-order valence-corrected chi connectivity index (χ3v) is 3.49. The van der Waals surface area contributed by atoms with Gasteiger partial charge in [-0.1, -0.05) is 37.5 Å². The lowest BCUT2D eigenvalue weighted by molar-refractivity contribution is -0.850. The van der Waals surface area contributed by atoms with E-state index in [2.05, 4.69) is 5.43 Å². The van der Waals surface area contributed by atoms with Crippen molar-refractivity contribution >= 4 is 11.6 Å². The lowest BCUT2D eigenvalue weighted by atomic mass is 9.89. The lowest BCUT2D eigenvalue weighted by Gasteiger charge is -2.22. The largest absolute Gasteiger partial charge is 1.00 e. The van der Waals surface area contributed by atoms with Crippen LogP contribution in [0.3, 0.4) is 0 Å². The molecule has 100 valence electrons. The number of hydrogen-bond acceptors (Lipinski definition) is 1. The molecule has 1 fully saturated rings. The van der Waals surface area contributed by atoms with E-state index in [0.717, 1.165) is 23.5 Å². The highest BCUT2D eigenvalue weighted by atomic mass is 35.5. The van der Waals surface area contributed by atoms with Crippen LogP contribution >= 0.6 is 0 Å². The average Bonchev–Trinajstić information content (AvgIpc) is 2.40. The SMILES string of the molecule is C[NH+](NC(=O)C1CCCCC1)c1ccccc1.[Cl-]. The van der Waals surface area contributed by atoms with Crippen molar-refractivity contribution in [2.24, 2.45) is 5.92 Å². The molecule has 0 aromatic heterocycles. The number of quaternary nitrogens is 1. The number of hydrogen-bond donors (Lipinski definition) is 2. The number of benzene rings is 1. The molecule has 1 saturated carbocycles. The zero-order chi connectivity index (χ0) is 12.1. The molecule has 1 aliphatic carbocycles. The molecule has 4 heteroatoms. The van der Waals surface area contributed by atoms with Crippen LogP contribution in [0.15, 0.2) is 30.3 Å². The summed E-state index contributed by atoms with van der Waals surface area (Å²) >= 11 is 0. The van der Waals surface area contributed by atoms with Gasteiger partial charge in [0, 0.05) is 18.1 Å². The van der Waals surface area contributed by atoms with Crippen LogP contribution in [0.4, 0.5) is 5.69 Å². The van der Waals surface area contributed by atoms with E-state index < -0.39 is 0 Å². The summed E-state index contributed by atoms with van der Waals surface area (Å²) in [6.45, 7) is 0. The van der Waals surface area contributed by atoms with Crippen molar-refractivity contribution in [2.75, 3.05) is 7.05 Å². The van der Waals surface area contributed by atoms with Crippen molar-refractivity contribution in [3.8, 4) is 0 Å². The first-order chi connectivity index (χ1) is 8.27. The fourth-order valence-corrected chi connectivity index (χ4v) is 2.41. The first-order valence-electron chi connectivity index (χ1n) is 6.47. The Bertz CT molecular complexity index is 363. The highest BCUT2D eigenvalue weighted by molar-refractivity contribution is 5.77. The highest BCUT2D eigenvalue weighted by Crippen LogP contribution is 2.23. The number of carbonyl (C=O) groups is 1. The second-order valence-electron chi connectivity index (χ2n) is 4.82. The van der Waals surface area contributed by atoms with Gasteiger partial charge in [-0.25, -0.2) is 5.01 Å². The molecule has 2 N–H and O–H groups in total. The number of para-hydroxylation sites is 1. The molecule has 1 amide bonds. The van der Waals surface area contributed by atoms with Crippen molar-refractivity contribution in [3.05, 3.63) is 30.3 Å². The Hall–Kier alpha value is -1.06. The minimum absolute atomic E-state index is 0. The molecule has 0 aliphatic heterocycles. The molecule has 18 heavy (non-hydrogen) atoms. The Balaban J connectivity index is 0.00000162. The van der Waals surface area contributed by atoms with Crippen molar-refractivity contribution in [1.82, 2.24) is 5.43 Å². The smallest absolute Gasteiger partial charge is 0.268 e. The van der Waals surface area contributed by atoms with E-state index in [-0.39, 0.29) is 24.2 Å². The Morgan fingerprint density at radius 3 is 2.39 bits per heavy atom. The number of amides is 1. The van der Waals surface area contributed by atoms with E-state index in [1.807, 2.05) is 37.4 Å². The maximum atomic E-state index is 12.0. The van der Waals surface area contributed by atoms with E-state index in [9.17, 15) is 4.79 Å². The van der Waals surface area contributed by atoms with Gasteiger partial charge in [-0.2, -0.15) is 5.43 Å². The van der Waals surface area contributed by atoms with Crippen LogP contribution in [0.1, 0.15) is 32.1 Å². The van der Waals surface area contributed by atoms with Crippen molar-refractivity contribution in [2.45, 2.75) is 32.1 Å². The van der Waals surface area contributed by atoms with Gasteiger partial charge in [0.1, 0.15) is 0 Å². The Morgan fingerprint density at radius 2 is 1.78 bits per heavy atom. The van der Waals surface area contributed by atoms with Gasteiger partial charge in [0.15, 0.2) is 5.69 Å². The van der Waals surface area contributed by atoms with E-state index in [4.69, 9.17) is 0 Å². The first-order valence-corrected chi connectivity index (χ1v) is 6.47. The molecule has 0 saturated heterocycles. The molecule has 0 heterocycles. The molecule has 0 bridgehead atoms. The average molecular weight is 269 g/mol. The lowest BCUT2D eigenvalue weighted by Crippen LogP contribution is -3.12. The van der Waals surface area contributed by atoms with Crippen LogP contribution in [-0.2, 0) is 4.79 Å². The van der Waals surface area contributed by atoms with Gasteiger partial charge in [0.25, 0.3) is 5.91 Å². The summed E-state index contributed by atoms with van der Waals surface area (Å²) in [4.78, 5) is 12.0. The van der Waals surface area contributed by atoms with Crippen molar-refractivity contribution in [1.29, 1.82) is 0 Å². The van der Waals surface area contributed by atoms with E-state index in [1.165, 1.54) is 19.3 Å². The molecule has 0 radical (unpaired) electrons. The van der Waals surface area contributed by atoms with Crippen LogP contribution in [0, 0.1) is 5.92 Å². The van der Waals surface area contributed by atoms with Crippen LogP contribution in [0.25, 0.3) is 0 Å². The molecule has 1 aliphatic rings. The zero-order valence-electron chi connectivity index (χ0n) is 10.8. The van der Waals surface area contributed by atoms with Gasteiger partial charge in [0.05, 0.1) is 7.05 Å². The molecule has 3 nitrogen and oxygen atoms in total. The van der Waals surface area contributed by atoms with E-state index >= 15 is 0 Å². The van der Waals surface area contributed by atoms with Gasteiger partial charge < -0.3 is 12.4 Å². The van der Waals surface area contributed by atoms with E-state index in [1.54, 1.807) is 0 Å². The summed E-state index contributed by atoms with van der Waals surface area (Å²) in [7, 11) is 1.97. The minimum Gasteiger partial charge on any atom is -1.00 e. The third-order valence-electron chi connectivity index (χ3n) is 3.49. The predicted octanol–water partition coefficient (Wildman–Crippen LogP) is -1.55. The Labute approximate surface area is 115 Å². The van der Waals surface area contributed by atoms with Crippen LogP contribution in [0.2, 0.25) is 0 Å². The molecular formula is C14H21ClN2O. The van der Waals surface area contributed by atoms with Crippen LogP contribution < -0.4 is 22.8 Å². The monoisotopic (exact) mass is 268 g/mol. The van der Waals surface area contributed by atoms with E-state index in [0.29, 0.717) is 0 Å². The normalized spacial score (nSPS) is 17.6. The third kappa shape index (κ3) is 4.00. The van der Waals surface area contributed by atoms with Gasteiger partial charge in [0.2, 0.25) is 0 Å². The quantitative estimate of drug-likeness (QED) is 0.640. The van der Waals surface area contributed by atoms with Gasteiger partial charge in [-0.05, 0) is 12.8 Å². The molecule has 1 unspecified atom stereocenters. The summed E-state index contributed by atoms with van der Waals surface area (Å²) in [5, 5.41) is 0.959. The first kappa shape index (κ1) is 15.0. The van der Waals surface area contributed by atoms with Crippen LogP contribution in [0.5, 0.6) is 0 Å². The maximum Gasteiger partial charge on any atom is 0.268 e. The maximum absolute atomic E-state index is 12.0. The van der Waals surface area contributed by atoms with Crippen molar-refractivity contribution in [3.63, 3.8) is 0 Å². The van der Waals surface area contributed by atoms with Gasteiger partial charge >= 0.3 is 0 Å². The molecular weight excluding hydrogens is 248 g/mol. The number of nitrogens with one attached hydrogen (secondary N) is 2. The summed E-state index contributed by atoms with van der Waals surface area (Å²) in [6.07, 6.45) is 5.78. The topological polar surface area (TPSA) is 33.5 Å². The zero-order valence-corrected chi connectivity index (χ0v) is 11.5. The minimum atomic E-state index is 0. The Morgan fingerprint density at radius 1 is 1.17 bits per heavy atom. The van der Waals surface area contributed by atoms with Gasteiger partial charge in [-0.15, -0.1) is 0 Å². The summed E-state index contributed by atoms with van der Waals surface area (Å²) < 4.78 is 0. The number of halogens is 1. The van der Waals surface area contributed by atoms with Crippen LogP contribution in [-0.4, -0.2) is 13.0 Å². The second-order valence-corrected chi connectivity index (χ2v) is 4.82. The summed E-state index contributed by atoms with van der Waals surface area (Å²) in [6, 6.07) is 10.0. The number of rotatable bonds is 3. The molecule has 1 aromatic carbocycles. The Kier molecular flexibility index (Phi) is 6.16. The highest BCUT2D eigenvalue weighted by Gasteiger charge is 2.23. The molecule has 2 rings (SSSR count). The fraction of sp³-hybridized carbons (Fsp3) is 0.500. The molecule has 0 spiro atoms. The summed E-state index contributed by atoms with van der Waals surface area (Å²) in [5.74, 6) is 0.425. The van der Waals surface area contributed by atoms with Crippen molar-refractivity contribution < 1.29 is 22.2 Å². The predicted molar refractivity (Wildman–Crippen MR) is 67.7 cm³/mol. The molecule has 1 atom stereocenters.